The molecule has 228 valence electrons. The number of phosphoric acid groups is 1. The third kappa shape index (κ3) is 11.1. The van der Waals surface area contributed by atoms with E-state index in [-0.39, 0.29) is 88.7 Å². The molecule has 2 saturated heterocycles. The summed E-state index contributed by atoms with van der Waals surface area (Å²) in [6.45, 7) is -1.26. The van der Waals surface area contributed by atoms with Gasteiger partial charge in [0.05, 0.1) is 19.3 Å². The number of aromatic nitrogens is 2. The van der Waals surface area contributed by atoms with Crippen LogP contribution in [0.3, 0.4) is 0 Å². The largest absolute Gasteiger partial charge is 1.00 e. The van der Waals surface area contributed by atoms with Gasteiger partial charge in [0.15, 0.2) is 6.23 Å². The van der Waals surface area contributed by atoms with Crippen LogP contribution in [-0.4, -0.2) is 109 Å². The summed E-state index contributed by atoms with van der Waals surface area (Å²) in [6.07, 6.45) is -14.0. The summed E-state index contributed by atoms with van der Waals surface area (Å²) >= 11 is 0. The van der Waals surface area contributed by atoms with Gasteiger partial charge in [-0.25, -0.2) is 4.79 Å². The zero-order valence-corrected chi connectivity index (χ0v) is 31.1. The number of hydrogen-bond donors (Lipinski definition) is 7. The third-order valence-corrected chi connectivity index (χ3v) is 8.16. The number of nitrogens with one attached hydrogen (secondary N) is 2. The zero-order chi connectivity index (χ0) is 30.2. The van der Waals surface area contributed by atoms with Crippen molar-refractivity contribution < 1.29 is 161 Å². The monoisotopic (exact) mass is 687 g/mol. The number of ether oxygens (including phenoxy) is 2. The van der Waals surface area contributed by atoms with Crippen molar-refractivity contribution in [2.24, 2.45) is 0 Å². The molecule has 1 aromatic rings. The van der Waals surface area contributed by atoms with Crippen LogP contribution in [0.1, 0.15) is 13.2 Å². The predicted octanol–water partition coefficient (Wildman–Crippen LogP) is -16.1. The van der Waals surface area contributed by atoms with Crippen LogP contribution in [0.4, 0.5) is 0 Å². The number of aromatic amines is 1. The van der Waals surface area contributed by atoms with Crippen LogP contribution in [-0.2, 0) is 32.4 Å². The van der Waals surface area contributed by atoms with E-state index in [4.69, 9.17) is 9.47 Å². The molecule has 0 radical (unpaired) electrons. The summed E-state index contributed by atoms with van der Waals surface area (Å²) in [5, 5.41) is 52.2. The fourth-order valence-electron chi connectivity index (χ4n) is 4.14. The van der Waals surface area contributed by atoms with Crippen LogP contribution in [0, 0.1) is 0 Å². The number of rotatable bonds is 10. The van der Waals surface area contributed by atoms with Crippen LogP contribution in [0.25, 0.3) is 0 Å². The predicted molar refractivity (Wildman–Crippen MR) is 119 cm³/mol. The molecule has 0 spiro atoms. The fourth-order valence-corrected chi connectivity index (χ4v) is 6.34. The van der Waals surface area contributed by atoms with E-state index in [9.17, 15) is 63.7 Å². The Balaban J connectivity index is 0.00000588. The van der Waals surface area contributed by atoms with E-state index >= 15 is 0 Å². The summed E-state index contributed by atoms with van der Waals surface area (Å²) in [7, 11) is -12.0. The molecule has 2 aliphatic heterocycles. The van der Waals surface area contributed by atoms with Crippen molar-refractivity contribution in [3.63, 3.8) is 0 Å². The second kappa shape index (κ2) is 18.0. The molecule has 11 atom stereocenters. The molecule has 0 saturated carbocycles. The summed E-state index contributed by atoms with van der Waals surface area (Å²) in [5.41, 5.74) is -1.82. The van der Waals surface area contributed by atoms with Gasteiger partial charge >= 0.3 is 94.4 Å². The van der Waals surface area contributed by atoms with Crippen LogP contribution < -0.4 is 120 Å². The third-order valence-electron chi connectivity index (χ3n) is 6.02. The Kier molecular flexibility index (Phi) is 18.5. The van der Waals surface area contributed by atoms with Crippen molar-refractivity contribution in [1.29, 1.82) is 0 Å². The number of carbonyl (C=O) groups excluding carboxylic acids is 1. The smallest absolute Gasteiger partial charge is 0.809 e. The van der Waals surface area contributed by atoms with E-state index in [0.29, 0.717) is 4.57 Å². The Labute approximate surface area is 308 Å². The Morgan fingerprint density at radius 3 is 2.14 bits per heavy atom. The van der Waals surface area contributed by atoms with Crippen LogP contribution in [0.5, 0.6) is 0 Å². The average Bonchev–Trinajstić information content (AvgIpc) is 3.12. The molecule has 7 N–H and O–H groups in total. The Morgan fingerprint density at radius 1 is 1.05 bits per heavy atom. The molecule has 1 aromatic heterocycles. The fraction of sp³-hybridized carbons (Fsp3) is 0.722. The minimum Gasteiger partial charge on any atom is -0.809 e. The quantitative estimate of drug-likeness (QED) is 0.0887. The Hall–Kier alpha value is 1.13. The molecule has 0 aliphatic carbocycles. The van der Waals surface area contributed by atoms with Gasteiger partial charge in [-0.2, -0.15) is 0 Å². The van der Waals surface area contributed by atoms with Crippen molar-refractivity contribution >= 4 is 21.3 Å². The van der Waals surface area contributed by atoms with Crippen molar-refractivity contribution in [3.8, 4) is 0 Å². The molecular formula is C18H26N3Na3O17P2. The van der Waals surface area contributed by atoms with E-state index in [2.05, 4.69) is 9.05 Å². The van der Waals surface area contributed by atoms with Gasteiger partial charge < -0.3 is 68.6 Å². The first-order chi connectivity index (χ1) is 18.5. The minimum absolute atomic E-state index is 0. The Morgan fingerprint density at radius 2 is 1.63 bits per heavy atom. The number of amides is 1. The minimum atomic E-state index is -6.15. The first kappa shape index (κ1) is 44.1. The molecule has 43 heavy (non-hydrogen) atoms. The van der Waals surface area contributed by atoms with Gasteiger partial charge in [0.25, 0.3) is 13.4 Å². The number of hydrogen-bond acceptors (Lipinski definition) is 17. The molecule has 0 aromatic carbocycles. The maximum atomic E-state index is 12.5. The van der Waals surface area contributed by atoms with Gasteiger partial charge in [0.1, 0.15) is 48.6 Å². The van der Waals surface area contributed by atoms with Gasteiger partial charge in [-0.15, -0.1) is 0 Å². The van der Waals surface area contributed by atoms with Gasteiger partial charge in [-0.05, 0) is 7.60 Å². The number of H-pyrrole nitrogens is 1. The molecule has 25 heteroatoms. The van der Waals surface area contributed by atoms with Crippen molar-refractivity contribution in [2.75, 3.05) is 13.2 Å². The van der Waals surface area contributed by atoms with Crippen LogP contribution in [0.15, 0.2) is 21.9 Å². The molecule has 2 fully saturated rings. The van der Waals surface area contributed by atoms with E-state index < -0.39 is 107 Å². The van der Waals surface area contributed by atoms with E-state index in [1.54, 1.807) is 0 Å². The average molecular weight is 687 g/mol. The molecule has 1 amide bonds. The second-order valence-electron chi connectivity index (χ2n) is 8.87. The van der Waals surface area contributed by atoms with Crippen LogP contribution >= 0.6 is 15.4 Å². The van der Waals surface area contributed by atoms with E-state index in [1.807, 2.05) is 10.3 Å². The summed E-state index contributed by atoms with van der Waals surface area (Å²) in [5.74, 6) is -3.92. The topological polar surface area (TPSA) is 325 Å². The Bertz CT molecular complexity index is 1280. The van der Waals surface area contributed by atoms with Crippen molar-refractivity contribution in [3.05, 3.63) is 33.1 Å². The van der Waals surface area contributed by atoms with E-state index in [0.717, 1.165) is 19.2 Å². The maximum absolute atomic E-state index is 12.5. The molecule has 3 heterocycles. The molecular weight excluding hydrogens is 661 g/mol. The van der Waals surface area contributed by atoms with Gasteiger partial charge in [-0.1, -0.05) is 0 Å². The molecule has 20 nitrogen and oxygen atoms in total. The number of aliphatic hydroxyl groups excluding tert-OH is 5. The van der Waals surface area contributed by atoms with Gasteiger partial charge in [0.2, 0.25) is 5.91 Å². The molecule has 2 aliphatic rings. The SMILES string of the molecule is CC(=O)N[C@@H]1[C@@H](O)[C@H](O)[C@@H](CO)O[C@@H]1C(OP(=O)([O-])OC[C@H]1O[C@@H](n2ccc(=O)[nH]c2=O)[C@H](O)[C@@H]1O)P(=O)([O-])[O-].[Na+].[Na+].[Na+]. The van der Waals surface area contributed by atoms with Crippen molar-refractivity contribution in [1.82, 2.24) is 14.9 Å². The standard InChI is InChI=1S/C18H29N3O17P2.3Na/c1-6(23)19-10-13(27)11(25)7(4-22)36-15(10)17(39(30,31)32)38-40(33,34)35-5-8-12(26)14(28)16(37-8)21-3-2-9(24)20-18(21)29;;;/h2-3,7-8,10-17,22,25-28H,4-5H2,1H3,(H,19,23)(H,33,34)(H,20,24,29)(H2,30,31,32);;;/q;3*+1/p-3/t7-,8-,10-,11-,12-,13-,14-,15+,16-,17?;;;/m1.../s1. The summed E-state index contributed by atoms with van der Waals surface area (Å²) in [6, 6.07) is -1.01. The van der Waals surface area contributed by atoms with Gasteiger partial charge in [-0.3, -0.25) is 23.7 Å². The number of nitrogens with zero attached hydrogens (tertiary/aromatic N) is 1. The normalized spacial score (nSPS) is 32.7. The summed E-state index contributed by atoms with van der Waals surface area (Å²) < 4.78 is 44.6. The zero-order valence-electron chi connectivity index (χ0n) is 23.3. The molecule has 0 bridgehead atoms. The summed E-state index contributed by atoms with van der Waals surface area (Å²) in [4.78, 5) is 73.2. The van der Waals surface area contributed by atoms with Gasteiger partial charge in [0, 0.05) is 19.2 Å². The van der Waals surface area contributed by atoms with Crippen LogP contribution in [0.2, 0.25) is 0 Å². The molecule has 2 unspecified atom stereocenters. The number of phosphoric ester groups is 1. The number of carbonyl (C=O) groups is 1. The first-order valence-electron chi connectivity index (χ1n) is 11.3. The van der Waals surface area contributed by atoms with E-state index in [1.165, 1.54) is 0 Å². The maximum Gasteiger partial charge on any atom is 1.00 e. The first-order valence-corrected chi connectivity index (χ1v) is 14.4. The second-order valence-corrected chi connectivity index (χ2v) is 11.8. The molecule has 3 rings (SSSR count). The van der Waals surface area contributed by atoms with Crippen molar-refractivity contribution in [2.45, 2.75) is 67.8 Å². The number of aliphatic hydroxyl groups is 5.